The normalized spacial score (nSPS) is 14.8. The lowest BCUT2D eigenvalue weighted by Crippen LogP contribution is -2.27. The number of ether oxygens (including phenoxy) is 2. The zero-order chi connectivity index (χ0) is 27.0. The summed E-state index contributed by atoms with van der Waals surface area (Å²) in [5.74, 6) is 5.74. The number of methoxy groups -OCH3 is 2. The van der Waals surface area contributed by atoms with Gasteiger partial charge in [-0.1, -0.05) is 12.5 Å². The number of hydrogen-bond acceptors (Lipinski definition) is 7. The third-order valence-electron chi connectivity index (χ3n) is 6.51. The Kier molecular flexibility index (Phi) is 6.46. The van der Waals surface area contributed by atoms with Crippen LogP contribution in [-0.4, -0.2) is 62.4 Å². The minimum absolute atomic E-state index is 0.0144. The summed E-state index contributed by atoms with van der Waals surface area (Å²) < 4.78 is 29.0. The summed E-state index contributed by atoms with van der Waals surface area (Å²) in [7, 11) is 4.73. The highest BCUT2D eigenvalue weighted by Crippen LogP contribution is 2.36. The zero-order valence-corrected chi connectivity index (χ0v) is 21.2. The summed E-state index contributed by atoms with van der Waals surface area (Å²) >= 11 is 0. The Balaban J connectivity index is 1.70. The quantitative estimate of drug-likeness (QED) is 0.321. The van der Waals surface area contributed by atoms with Crippen molar-refractivity contribution >= 4 is 22.6 Å². The van der Waals surface area contributed by atoms with Gasteiger partial charge in [0.2, 0.25) is 5.91 Å². The van der Waals surface area contributed by atoms with Crippen molar-refractivity contribution in [3.05, 3.63) is 60.6 Å². The Hall–Kier alpha value is -4.85. The molecule has 0 spiro atoms. The molecule has 194 valence electrons. The Morgan fingerprint density at radius 1 is 1.26 bits per heavy atom. The van der Waals surface area contributed by atoms with Gasteiger partial charge in [-0.3, -0.25) is 9.48 Å². The molecule has 1 amide bonds. The van der Waals surface area contributed by atoms with Gasteiger partial charge in [-0.15, -0.1) is 0 Å². The van der Waals surface area contributed by atoms with Gasteiger partial charge in [0.05, 0.1) is 48.7 Å². The number of nitrogens with zero attached hydrogens (tertiary/aromatic N) is 6. The summed E-state index contributed by atoms with van der Waals surface area (Å²) in [6, 6.07) is 2.79. The van der Waals surface area contributed by atoms with Gasteiger partial charge < -0.3 is 24.7 Å². The summed E-state index contributed by atoms with van der Waals surface area (Å²) in [4.78, 5) is 22.9. The second-order valence-electron chi connectivity index (χ2n) is 8.87. The number of nitrogen functional groups attached to an aromatic ring is 1. The van der Waals surface area contributed by atoms with Crippen molar-refractivity contribution in [1.29, 1.82) is 0 Å². The second-order valence-corrected chi connectivity index (χ2v) is 8.87. The van der Waals surface area contributed by atoms with Gasteiger partial charge in [-0.05, 0) is 24.5 Å². The third kappa shape index (κ3) is 4.30. The number of benzene rings is 1. The highest BCUT2D eigenvalue weighted by atomic mass is 19.1. The van der Waals surface area contributed by atoms with Crippen LogP contribution in [0.3, 0.4) is 0 Å². The first-order valence-electron chi connectivity index (χ1n) is 11.8. The van der Waals surface area contributed by atoms with Crippen LogP contribution in [0.5, 0.6) is 11.5 Å². The van der Waals surface area contributed by atoms with E-state index in [1.807, 2.05) is 22.5 Å². The lowest BCUT2D eigenvalue weighted by Gasteiger charge is -2.16. The molecule has 3 aromatic heterocycles. The molecule has 1 unspecified atom stereocenters. The first-order chi connectivity index (χ1) is 18.3. The minimum Gasteiger partial charge on any atom is -0.497 e. The van der Waals surface area contributed by atoms with Gasteiger partial charge in [0.25, 0.3) is 0 Å². The van der Waals surface area contributed by atoms with E-state index in [0.29, 0.717) is 47.6 Å². The largest absolute Gasteiger partial charge is 0.497 e. The monoisotopic (exact) mass is 515 g/mol. The van der Waals surface area contributed by atoms with Crippen molar-refractivity contribution in [1.82, 2.24) is 29.2 Å². The predicted octanol–water partition coefficient (Wildman–Crippen LogP) is 2.93. The van der Waals surface area contributed by atoms with Crippen LogP contribution in [0.1, 0.15) is 23.7 Å². The summed E-state index contributed by atoms with van der Waals surface area (Å²) in [6.07, 6.45) is 7.20. The van der Waals surface area contributed by atoms with Crippen molar-refractivity contribution in [3.8, 4) is 34.6 Å². The van der Waals surface area contributed by atoms with Crippen LogP contribution < -0.4 is 15.2 Å². The number of hydrogen-bond donors (Lipinski definition) is 1. The molecule has 5 rings (SSSR count). The number of rotatable bonds is 5. The van der Waals surface area contributed by atoms with E-state index in [2.05, 4.69) is 28.4 Å². The Bertz CT molecular complexity index is 1630. The molecule has 4 aromatic rings. The number of halogens is 1. The maximum absolute atomic E-state index is 15.0. The number of carbonyl (C=O) groups is 1. The molecular weight excluding hydrogens is 489 g/mol. The van der Waals surface area contributed by atoms with E-state index in [4.69, 9.17) is 20.3 Å². The maximum Gasteiger partial charge on any atom is 0.246 e. The summed E-state index contributed by atoms with van der Waals surface area (Å²) in [5, 5.41) is 5.35. The smallest absolute Gasteiger partial charge is 0.246 e. The average Bonchev–Trinajstić information content (AvgIpc) is 3.67. The van der Waals surface area contributed by atoms with Crippen molar-refractivity contribution in [3.63, 3.8) is 0 Å². The number of fused-ring (bicyclic) bond motifs is 1. The summed E-state index contributed by atoms with van der Waals surface area (Å²) in [6.45, 7) is 4.60. The standard InChI is InChI=1S/C27H26FN7O3/c1-5-23(36)34-9-8-17(13-34)35-26-19(21-14-33(2)15-31-21)12-30-27(29)24(26)20(32-35)7-6-16-10-18(37-3)11-22(38-4)25(16)28/h5,10-12,14-15,17H,1,8-9,13H2,2-4H3,(H2,29,30). The van der Waals surface area contributed by atoms with Crippen molar-refractivity contribution in [2.75, 3.05) is 33.0 Å². The van der Waals surface area contributed by atoms with Crippen LogP contribution in [0, 0.1) is 17.7 Å². The van der Waals surface area contributed by atoms with E-state index >= 15 is 0 Å². The molecule has 0 bridgehead atoms. The second kappa shape index (κ2) is 9.89. The van der Waals surface area contributed by atoms with Gasteiger partial charge in [0.1, 0.15) is 17.3 Å². The van der Waals surface area contributed by atoms with Crippen molar-refractivity contribution in [2.45, 2.75) is 12.5 Å². The number of carbonyl (C=O) groups excluding carboxylic acids is 1. The molecule has 1 atom stereocenters. The number of nitrogens with two attached hydrogens (primary N) is 1. The van der Waals surface area contributed by atoms with Crippen molar-refractivity contribution < 1.29 is 18.7 Å². The van der Waals surface area contributed by atoms with Gasteiger partial charge in [-0.2, -0.15) is 5.10 Å². The van der Waals surface area contributed by atoms with Crippen LogP contribution in [0.25, 0.3) is 22.2 Å². The van der Waals surface area contributed by atoms with Gasteiger partial charge >= 0.3 is 0 Å². The number of amides is 1. The predicted molar refractivity (Wildman–Crippen MR) is 140 cm³/mol. The third-order valence-corrected chi connectivity index (χ3v) is 6.51. The van der Waals surface area contributed by atoms with Gasteiger partial charge in [-0.25, -0.2) is 14.4 Å². The number of aryl methyl sites for hydroxylation is 1. The number of pyridine rings is 1. The fourth-order valence-electron chi connectivity index (χ4n) is 4.61. The van der Waals surface area contributed by atoms with E-state index in [1.54, 1.807) is 17.4 Å². The number of imidazole rings is 1. The first-order valence-corrected chi connectivity index (χ1v) is 11.8. The zero-order valence-electron chi connectivity index (χ0n) is 21.2. The molecule has 1 fully saturated rings. The fraction of sp³-hybridized carbons (Fsp3) is 0.259. The fourth-order valence-corrected chi connectivity index (χ4v) is 4.61. The van der Waals surface area contributed by atoms with E-state index < -0.39 is 5.82 Å². The van der Waals surface area contributed by atoms with Crippen LogP contribution in [0.2, 0.25) is 0 Å². The average molecular weight is 516 g/mol. The molecule has 11 heteroatoms. The number of anilines is 1. The molecule has 4 heterocycles. The Morgan fingerprint density at radius 3 is 2.76 bits per heavy atom. The Morgan fingerprint density at radius 2 is 2.08 bits per heavy atom. The number of likely N-dealkylation sites (tertiary alicyclic amines) is 1. The minimum atomic E-state index is -0.612. The molecule has 1 aliphatic heterocycles. The van der Waals surface area contributed by atoms with E-state index in [0.717, 1.165) is 5.56 Å². The molecular formula is C27H26FN7O3. The van der Waals surface area contributed by atoms with Crippen LogP contribution >= 0.6 is 0 Å². The lowest BCUT2D eigenvalue weighted by atomic mass is 10.1. The molecule has 38 heavy (non-hydrogen) atoms. The molecule has 10 nitrogen and oxygen atoms in total. The van der Waals surface area contributed by atoms with Gasteiger partial charge in [0.15, 0.2) is 11.6 Å². The number of aromatic nitrogens is 5. The first kappa shape index (κ1) is 24.8. The highest BCUT2D eigenvalue weighted by Gasteiger charge is 2.30. The van der Waals surface area contributed by atoms with Crippen LogP contribution in [0.4, 0.5) is 10.2 Å². The Labute approximate surface area is 218 Å². The van der Waals surface area contributed by atoms with Crippen LogP contribution in [0.15, 0.2) is 43.5 Å². The molecule has 0 radical (unpaired) electrons. The molecule has 1 aliphatic rings. The van der Waals surface area contributed by atoms with Gasteiger partial charge in [0, 0.05) is 44.2 Å². The van der Waals surface area contributed by atoms with Crippen LogP contribution in [-0.2, 0) is 11.8 Å². The van der Waals surface area contributed by atoms with E-state index in [1.165, 1.54) is 32.4 Å². The SMILES string of the molecule is C=CC(=O)N1CCC(n2nc(C#Cc3cc(OC)cc(OC)c3F)c3c(N)ncc(-c4cn(C)cn4)c32)C1. The molecule has 1 aromatic carbocycles. The molecule has 0 saturated carbocycles. The highest BCUT2D eigenvalue weighted by molar-refractivity contribution is 6.01. The van der Waals surface area contributed by atoms with E-state index in [9.17, 15) is 9.18 Å². The lowest BCUT2D eigenvalue weighted by molar-refractivity contribution is -0.125. The van der Waals surface area contributed by atoms with E-state index in [-0.39, 0.29) is 29.1 Å². The summed E-state index contributed by atoms with van der Waals surface area (Å²) in [5.41, 5.74) is 8.88. The molecule has 2 N–H and O–H groups in total. The maximum atomic E-state index is 15.0. The van der Waals surface area contributed by atoms with Crippen molar-refractivity contribution in [2.24, 2.45) is 7.05 Å². The molecule has 0 aliphatic carbocycles. The topological polar surface area (TPSA) is 113 Å². The molecule has 1 saturated heterocycles.